The second-order valence-corrected chi connectivity index (χ2v) is 5.43. The summed E-state index contributed by atoms with van der Waals surface area (Å²) < 4.78 is 26.9. The second-order valence-electron chi connectivity index (χ2n) is 3.42. The van der Waals surface area contributed by atoms with Gasteiger partial charge in [0.1, 0.15) is 5.75 Å². The van der Waals surface area contributed by atoms with Crippen molar-refractivity contribution in [3.05, 3.63) is 23.8 Å². The Labute approximate surface area is 98.4 Å². The zero-order valence-corrected chi connectivity index (χ0v) is 10.1. The van der Waals surface area contributed by atoms with Crippen LogP contribution in [-0.4, -0.2) is 38.0 Å². The number of phenols is 1. The summed E-state index contributed by atoms with van der Waals surface area (Å²) >= 11 is 0. The van der Waals surface area contributed by atoms with Crippen molar-refractivity contribution in [3.8, 4) is 5.75 Å². The first-order valence-corrected chi connectivity index (χ1v) is 6.45. The summed E-state index contributed by atoms with van der Waals surface area (Å²) in [5, 5.41) is 19.0. The van der Waals surface area contributed by atoms with E-state index in [2.05, 4.69) is 4.74 Å². The van der Waals surface area contributed by atoms with E-state index in [0.717, 1.165) is 25.5 Å². The number of hydrogen-bond acceptors (Lipinski definition) is 6. The molecule has 2 N–H and O–H groups in total. The van der Waals surface area contributed by atoms with Crippen molar-refractivity contribution in [2.75, 3.05) is 13.4 Å². The SMILES string of the molecule is COC(=O)C(O)c1cc(S(C)(=O)=O)ccc1O. The maximum absolute atomic E-state index is 11.3. The first-order valence-electron chi connectivity index (χ1n) is 4.56. The summed E-state index contributed by atoms with van der Waals surface area (Å²) in [5.41, 5.74) is -0.209. The summed E-state index contributed by atoms with van der Waals surface area (Å²) in [6.45, 7) is 0. The molecule has 0 bridgehead atoms. The lowest BCUT2D eigenvalue weighted by Gasteiger charge is -2.11. The topological polar surface area (TPSA) is 101 Å². The summed E-state index contributed by atoms with van der Waals surface area (Å²) in [6.07, 6.45) is -0.741. The molecular weight excluding hydrogens is 248 g/mol. The molecule has 0 heterocycles. The van der Waals surface area contributed by atoms with Crippen molar-refractivity contribution in [3.63, 3.8) is 0 Å². The van der Waals surface area contributed by atoms with Crippen LogP contribution < -0.4 is 0 Å². The van der Waals surface area contributed by atoms with Crippen molar-refractivity contribution in [1.29, 1.82) is 0 Å². The highest BCUT2D eigenvalue weighted by molar-refractivity contribution is 7.90. The monoisotopic (exact) mass is 260 g/mol. The van der Waals surface area contributed by atoms with E-state index in [1.807, 2.05) is 0 Å². The molecule has 0 amide bonds. The molecule has 6 nitrogen and oxygen atoms in total. The molecule has 0 radical (unpaired) electrons. The van der Waals surface area contributed by atoms with E-state index >= 15 is 0 Å². The minimum atomic E-state index is -3.48. The van der Waals surface area contributed by atoms with Crippen LogP contribution in [0.3, 0.4) is 0 Å². The fraction of sp³-hybridized carbons (Fsp3) is 0.300. The summed E-state index contributed by atoms with van der Waals surface area (Å²) in [4.78, 5) is 11.0. The van der Waals surface area contributed by atoms with Gasteiger partial charge in [-0.15, -0.1) is 0 Å². The van der Waals surface area contributed by atoms with Gasteiger partial charge >= 0.3 is 5.97 Å². The molecule has 0 aromatic heterocycles. The van der Waals surface area contributed by atoms with E-state index in [9.17, 15) is 23.4 Å². The van der Waals surface area contributed by atoms with Crippen molar-refractivity contribution in [2.45, 2.75) is 11.0 Å². The van der Waals surface area contributed by atoms with Crippen molar-refractivity contribution < 1.29 is 28.2 Å². The molecule has 0 spiro atoms. The third-order valence-corrected chi connectivity index (χ3v) is 3.26. The number of carbonyl (C=O) groups is 1. The van der Waals surface area contributed by atoms with E-state index < -0.39 is 21.9 Å². The Morgan fingerprint density at radius 2 is 2.00 bits per heavy atom. The Morgan fingerprint density at radius 1 is 1.41 bits per heavy atom. The Morgan fingerprint density at radius 3 is 2.47 bits per heavy atom. The molecule has 7 heteroatoms. The number of benzene rings is 1. The fourth-order valence-corrected chi connectivity index (χ4v) is 1.88. The van der Waals surface area contributed by atoms with Crippen LogP contribution in [0, 0.1) is 0 Å². The van der Waals surface area contributed by atoms with Gasteiger partial charge in [0, 0.05) is 11.8 Å². The van der Waals surface area contributed by atoms with Gasteiger partial charge in [-0.2, -0.15) is 0 Å². The lowest BCUT2D eigenvalue weighted by Crippen LogP contribution is -2.14. The van der Waals surface area contributed by atoms with Gasteiger partial charge in [0.05, 0.1) is 12.0 Å². The number of ether oxygens (including phenoxy) is 1. The number of phenolic OH excluding ortho intramolecular Hbond substituents is 1. The molecule has 17 heavy (non-hydrogen) atoms. The maximum Gasteiger partial charge on any atom is 0.339 e. The number of aliphatic hydroxyl groups is 1. The van der Waals surface area contributed by atoms with E-state index in [4.69, 9.17) is 0 Å². The third kappa shape index (κ3) is 2.95. The van der Waals surface area contributed by atoms with Gasteiger partial charge in [-0.1, -0.05) is 0 Å². The number of aromatic hydroxyl groups is 1. The maximum atomic E-state index is 11.3. The number of methoxy groups -OCH3 is 1. The Hall–Kier alpha value is -1.60. The van der Waals surface area contributed by atoms with Crippen molar-refractivity contribution in [2.24, 2.45) is 0 Å². The summed E-state index contributed by atoms with van der Waals surface area (Å²) in [6, 6.07) is 3.31. The highest BCUT2D eigenvalue weighted by atomic mass is 32.2. The third-order valence-electron chi connectivity index (χ3n) is 2.15. The predicted molar refractivity (Wildman–Crippen MR) is 58.2 cm³/mol. The average molecular weight is 260 g/mol. The van der Waals surface area contributed by atoms with Gasteiger partial charge in [0.2, 0.25) is 0 Å². The number of esters is 1. The molecule has 0 aliphatic heterocycles. The van der Waals surface area contributed by atoms with Crippen LogP contribution in [-0.2, 0) is 19.4 Å². The van der Waals surface area contributed by atoms with Crippen LogP contribution >= 0.6 is 0 Å². The van der Waals surface area contributed by atoms with Crippen LogP contribution in [0.5, 0.6) is 5.75 Å². The Kier molecular flexibility index (Phi) is 3.74. The normalized spacial score (nSPS) is 13.1. The molecule has 1 unspecified atom stereocenters. The summed E-state index contributed by atoms with van der Waals surface area (Å²) in [5.74, 6) is -1.36. The van der Waals surface area contributed by atoms with E-state index in [1.54, 1.807) is 0 Å². The van der Waals surface area contributed by atoms with Crippen molar-refractivity contribution in [1.82, 2.24) is 0 Å². The van der Waals surface area contributed by atoms with E-state index in [0.29, 0.717) is 0 Å². The summed E-state index contributed by atoms with van der Waals surface area (Å²) in [7, 11) is -2.41. The van der Waals surface area contributed by atoms with Gasteiger partial charge < -0.3 is 14.9 Å². The minimum absolute atomic E-state index is 0.103. The van der Waals surface area contributed by atoms with Gasteiger partial charge in [-0.05, 0) is 18.2 Å². The minimum Gasteiger partial charge on any atom is -0.508 e. The molecule has 94 valence electrons. The van der Waals surface area contributed by atoms with E-state index in [1.165, 1.54) is 6.07 Å². The first kappa shape index (κ1) is 13.5. The van der Waals surface area contributed by atoms with E-state index in [-0.39, 0.29) is 16.2 Å². The van der Waals surface area contributed by atoms with Crippen LogP contribution in [0.2, 0.25) is 0 Å². The molecule has 0 aliphatic carbocycles. The molecule has 0 saturated carbocycles. The second kappa shape index (κ2) is 4.72. The molecule has 1 aromatic carbocycles. The standard InChI is InChI=1S/C10H12O6S/c1-16-10(13)9(12)7-5-6(17(2,14)15)3-4-8(7)11/h3-5,9,11-12H,1-2H3. The predicted octanol–water partition coefficient (Wildman–Crippen LogP) is 0.00210. The molecular formula is C10H12O6S. The van der Waals surface area contributed by atoms with Gasteiger partial charge in [0.25, 0.3) is 0 Å². The van der Waals surface area contributed by atoms with Gasteiger partial charge in [0.15, 0.2) is 15.9 Å². The molecule has 1 atom stereocenters. The smallest absolute Gasteiger partial charge is 0.339 e. The van der Waals surface area contributed by atoms with Gasteiger partial charge in [-0.3, -0.25) is 0 Å². The first-order chi connectivity index (χ1) is 7.77. The number of sulfone groups is 1. The Bertz CT molecular complexity index is 534. The van der Waals surface area contributed by atoms with Crippen LogP contribution in [0.15, 0.2) is 23.1 Å². The fourth-order valence-electron chi connectivity index (χ4n) is 1.22. The number of rotatable bonds is 3. The van der Waals surface area contributed by atoms with Crippen LogP contribution in [0.1, 0.15) is 11.7 Å². The molecule has 1 aromatic rings. The zero-order valence-electron chi connectivity index (χ0n) is 9.25. The lowest BCUT2D eigenvalue weighted by molar-refractivity contribution is -0.150. The molecule has 1 rings (SSSR count). The van der Waals surface area contributed by atoms with Crippen LogP contribution in [0.25, 0.3) is 0 Å². The molecule has 0 aliphatic rings. The Balaban J connectivity index is 3.29. The highest BCUT2D eigenvalue weighted by Crippen LogP contribution is 2.27. The highest BCUT2D eigenvalue weighted by Gasteiger charge is 2.23. The lowest BCUT2D eigenvalue weighted by atomic mass is 10.1. The molecule has 0 fully saturated rings. The number of carbonyl (C=O) groups excluding carboxylic acids is 1. The quantitative estimate of drug-likeness (QED) is 0.742. The average Bonchev–Trinajstić information content (AvgIpc) is 2.26. The van der Waals surface area contributed by atoms with Crippen LogP contribution in [0.4, 0.5) is 0 Å². The largest absolute Gasteiger partial charge is 0.508 e. The van der Waals surface area contributed by atoms with Crippen molar-refractivity contribution >= 4 is 15.8 Å². The number of aliphatic hydroxyl groups excluding tert-OH is 1. The van der Waals surface area contributed by atoms with Gasteiger partial charge in [-0.25, -0.2) is 13.2 Å². The number of hydrogen-bond donors (Lipinski definition) is 2. The zero-order chi connectivity index (χ0) is 13.2. The molecule has 0 saturated heterocycles.